The van der Waals surface area contributed by atoms with Gasteiger partial charge in [-0.3, -0.25) is 0 Å². The molecule has 0 amide bonds. The van der Waals surface area contributed by atoms with Crippen LogP contribution in [-0.4, -0.2) is 50.0 Å². The van der Waals surface area contributed by atoms with Crippen LogP contribution in [0.25, 0.3) is 0 Å². The second kappa shape index (κ2) is 4.98. The summed E-state index contributed by atoms with van der Waals surface area (Å²) < 4.78 is 43.5. The largest absolute Gasteiger partial charge is 0.393 e. The molecule has 0 bridgehead atoms. The molecule has 3 unspecified atom stereocenters. The van der Waals surface area contributed by atoms with Crippen molar-refractivity contribution in [1.82, 2.24) is 4.90 Å². The highest BCUT2D eigenvalue weighted by Crippen LogP contribution is 2.35. The average Bonchev–Trinajstić information content (AvgIpc) is 2.58. The zero-order valence-corrected chi connectivity index (χ0v) is 10.7. The Hall–Kier alpha value is -0.330. The SMILES string of the molecule is CC1(CN2CCCC(C(F)(F)F)C2)COCC1N. The molecule has 106 valence electrons. The third-order valence-corrected chi connectivity index (χ3v) is 4.18. The molecular weight excluding hydrogens is 245 g/mol. The number of alkyl halides is 3. The highest BCUT2D eigenvalue weighted by molar-refractivity contribution is 4.93. The topological polar surface area (TPSA) is 38.5 Å². The van der Waals surface area contributed by atoms with Gasteiger partial charge in [-0.2, -0.15) is 13.2 Å². The molecule has 3 nitrogen and oxygen atoms in total. The first-order chi connectivity index (χ1) is 8.31. The van der Waals surface area contributed by atoms with E-state index in [-0.39, 0.29) is 24.4 Å². The predicted molar refractivity (Wildman–Crippen MR) is 62.1 cm³/mol. The Morgan fingerprint density at radius 3 is 2.72 bits per heavy atom. The highest BCUT2D eigenvalue weighted by Gasteiger charge is 2.44. The smallest absolute Gasteiger partial charge is 0.379 e. The van der Waals surface area contributed by atoms with Crippen molar-refractivity contribution in [3.63, 3.8) is 0 Å². The highest BCUT2D eigenvalue weighted by atomic mass is 19.4. The molecule has 2 heterocycles. The van der Waals surface area contributed by atoms with Gasteiger partial charge in [-0.1, -0.05) is 6.92 Å². The normalized spacial score (nSPS) is 39.2. The Morgan fingerprint density at radius 1 is 1.44 bits per heavy atom. The van der Waals surface area contributed by atoms with Crippen LogP contribution in [0.1, 0.15) is 19.8 Å². The number of rotatable bonds is 2. The summed E-state index contributed by atoms with van der Waals surface area (Å²) in [7, 11) is 0. The van der Waals surface area contributed by atoms with E-state index in [4.69, 9.17) is 10.5 Å². The molecule has 18 heavy (non-hydrogen) atoms. The Bertz CT molecular complexity index is 298. The first kappa shape index (κ1) is 14.1. The van der Waals surface area contributed by atoms with Crippen molar-refractivity contribution in [2.75, 3.05) is 32.8 Å². The van der Waals surface area contributed by atoms with Crippen LogP contribution in [0.4, 0.5) is 13.2 Å². The molecule has 0 radical (unpaired) electrons. The number of likely N-dealkylation sites (tertiary alicyclic amines) is 1. The summed E-state index contributed by atoms with van der Waals surface area (Å²) in [5.41, 5.74) is 5.76. The molecule has 2 N–H and O–H groups in total. The molecule has 2 aliphatic heterocycles. The maximum Gasteiger partial charge on any atom is 0.393 e. The summed E-state index contributed by atoms with van der Waals surface area (Å²) >= 11 is 0. The minimum Gasteiger partial charge on any atom is -0.379 e. The third kappa shape index (κ3) is 2.97. The molecule has 0 aromatic carbocycles. The molecule has 0 aromatic heterocycles. The Morgan fingerprint density at radius 2 is 2.17 bits per heavy atom. The van der Waals surface area contributed by atoms with Gasteiger partial charge in [-0.15, -0.1) is 0 Å². The van der Waals surface area contributed by atoms with Crippen LogP contribution >= 0.6 is 0 Å². The minimum atomic E-state index is -4.08. The fraction of sp³-hybridized carbons (Fsp3) is 1.00. The van der Waals surface area contributed by atoms with Crippen molar-refractivity contribution in [2.45, 2.75) is 32.0 Å². The van der Waals surface area contributed by atoms with E-state index in [9.17, 15) is 13.2 Å². The molecule has 3 atom stereocenters. The number of ether oxygens (including phenoxy) is 1. The maximum atomic E-state index is 12.7. The number of nitrogens with two attached hydrogens (primary N) is 1. The molecule has 2 fully saturated rings. The van der Waals surface area contributed by atoms with Gasteiger partial charge < -0.3 is 15.4 Å². The van der Waals surface area contributed by atoms with Crippen LogP contribution in [0.15, 0.2) is 0 Å². The second-order valence-corrected chi connectivity index (χ2v) is 5.89. The Balaban J connectivity index is 1.94. The van der Waals surface area contributed by atoms with Crippen LogP contribution in [0.3, 0.4) is 0 Å². The molecule has 2 rings (SSSR count). The van der Waals surface area contributed by atoms with Crippen LogP contribution in [0.2, 0.25) is 0 Å². The molecule has 0 aliphatic carbocycles. The Labute approximate surface area is 105 Å². The van der Waals surface area contributed by atoms with Crippen LogP contribution in [-0.2, 0) is 4.74 Å². The van der Waals surface area contributed by atoms with Crippen LogP contribution < -0.4 is 5.73 Å². The van der Waals surface area contributed by atoms with E-state index in [1.54, 1.807) is 0 Å². The summed E-state index contributed by atoms with van der Waals surface area (Å²) in [5.74, 6) is -1.19. The van der Waals surface area contributed by atoms with Gasteiger partial charge in [0.05, 0.1) is 19.1 Å². The summed E-state index contributed by atoms with van der Waals surface area (Å²) in [5, 5.41) is 0. The zero-order valence-electron chi connectivity index (χ0n) is 10.7. The van der Waals surface area contributed by atoms with Gasteiger partial charge in [0.2, 0.25) is 0 Å². The van der Waals surface area contributed by atoms with E-state index in [2.05, 4.69) is 0 Å². The molecule has 2 saturated heterocycles. The summed E-state index contributed by atoms with van der Waals surface area (Å²) in [6.07, 6.45) is -3.22. The monoisotopic (exact) mass is 266 g/mol. The van der Waals surface area contributed by atoms with E-state index in [1.807, 2.05) is 11.8 Å². The minimum absolute atomic E-state index is 0.0798. The van der Waals surface area contributed by atoms with Crippen LogP contribution in [0.5, 0.6) is 0 Å². The van der Waals surface area contributed by atoms with Crippen molar-refractivity contribution in [3.8, 4) is 0 Å². The summed E-state index contributed by atoms with van der Waals surface area (Å²) in [4.78, 5) is 1.90. The number of piperidine rings is 1. The lowest BCUT2D eigenvalue weighted by atomic mass is 9.84. The molecule has 0 spiro atoms. The van der Waals surface area contributed by atoms with E-state index < -0.39 is 12.1 Å². The van der Waals surface area contributed by atoms with Gasteiger partial charge in [0.1, 0.15) is 0 Å². The van der Waals surface area contributed by atoms with E-state index in [1.165, 1.54) is 0 Å². The van der Waals surface area contributed by atoms with E-state index in [0.717, 1.165) is 6.54 Å². The van der Waals surface area contributed by atoms with Crippen LogP contribution in [0, 0.1) is 11.3 Å². The number of halogens is 3. The summed E-state index contributed by atoms with van der Waals surface area (Å²) in [6, 6.07) is -0.0798. The lowest BCUT2D eigenvalue weighted by Crippen LogP contribution is -2.50. The van der Waals surface area contributed by atoms with Crippen molar-refractivity contribution < 1.29 is 17.9 Å². The third-order valence-electron chi connectivity index (χ3n) is 4.18. The molecule has 0 saturated carbocycles. The first-order valence-electron chi connectivity index (χ1n) is 6.44. The molecule has 6 heteroatoms. The summed E-state index contributed by atoms with van der Waals surface area (Å²) in [6.45, 7) is 4.48. The van der Waals surface area contributed by atoms with Crippen molar-refractivity contribution in [1.29, 1.82) is 0 Å². The molecule has 2 aliphatic rings. The number of nitrogens with zero attached hydrogens (tertiary/aromatic N) is 1. The maximum absolute atomic E-state index is 12.7. The molecular formula is C12H21F3N2O. The van der Waals surface area contributed by atoms with Gasteiger partial charge >= 0.3 is 6.18 Å². The van der Waals surface area contributed by atoms with Gasteiger partial charge in [0, 0.05) is 24.5 Å². The Kier molecular flexibility index (Phi) is 3.90. The second-order valence-electron chi connectivity index (χ2n) is 5.89. The predicted octanol–water partition coefficient (Wildman–Crippen LogP) is 1.62. The lowest BCUT2D eigenvalue weighted by Gasteiger charge is -2.39. The quantitative estimate of drug-likeness (QED) is 0.825. The van der Waals surface area contributed by atoms with Crippen molar-refractivity contribution in [3.05, 3.63) is 0 Å². The van der Waals surface area contributed by atoms with Gasteiger partial charge in [-0.05, 0) is 19.4 Å². The number of hydrogen-bond acceptors (Lipinski definition) is 3. The zero-order chi connectivity index (χ0) is 13.4. The fourth-order valence-corrected chi connectivity index (χ4v) is 2.87. The number of hydrogen-bond donors (Lipinski definition) is 1. The van der Waals surface area contributed by atoms with Gasteiger partial charge in [0.25, 0.3) is 0 Å². The van der Waals surface area contributed by atoms with E-state index in [0.29, 0.717) is 26.2 Å². The van der Waals surface area contributed by atoms with E-state index >= 15 is 0 Å². The van der Waals surface area contributed by atoms with Gasteiger partial charge in [-0.25, -0.2) is 0 Å². The lowest BCUT2D eigenvalue weighted by molar-refractivity contribution is -0.187. The van der Waals surface area contributed by atoms with Crippen molar-refractivity contribution >= 4 is 0 Å². The first-order valence-corrected chi connectivity index (χ1v) is 6.44. The fourth-order valence-electron chi connectivity index (χ4n) is 2.87. The molecule has 0 aromatic rings. The van der Waals surface area contributed by atoms with Crippen molar-refractivity contribution in [2.24, 2.45) is 17.1 Å². The van der Waals surface area contributed by atoms with Gasteiger partial charge in [0.15, 0.2) is 0 Å². The average molecular weight is 266 g/mol. The standard InChI is InChI=1S/C12H21F3N2O/c1-11(8-18-6-10(11)16)7-17-4-2-3-9(5-17)12(13,14)15/h9-10H,2-8,16H2,1H3.